The quantitative estimate of drug-likeness (QED) is 0.754. The lowest BCUT2D eigenvalue weighted by Crippen LogP contribution is -2.28. The molecule has 0 spiro atoms. The van der Waals surface area contributed by atoms with Crippen LogP contribution in [0.1, 0.15) is 12.5 Å². The van der Waals surface area contributed by atoms with Gasteiger partial charge in [-0.2, -0.15) is 0 Å². The van der Waals surface area contributed by atoms with Crippen molar-refractivity contribution in [2.24, 2.45) is 0 Å². The maximum absolute atomic E-state index is 11.0. The normalized spacial score (nSPS) is 10.5. The second-order valence-corrected chi connectivity index (χ2v) is 4.36. The van der Waals surface area contributed by atoms with Crippen molar-refractivity contribution in [3.05, 3.63) is 28.6 Å². The number of fused-ring (bicyclic) bond motifs is 1. The Morgan fingerprint density at radius 1 is 1.53 bits per heavy atom. The molecule has 1 aromatic carbocycles. The van der Waals surface area contributed by atoms with Crippen LogP contribution in [-0.4, -0.2) is 10.6 Å². The number of hydrogen-bond donors (Lipinski definition) is 2. The van der Waals surface area contributed by atoms with Crippen LogP contribution in [0.3, 0.4) is 0 Å². The minimum Gasteiger partial charge on any atom is -0.274 e. The number of aryl methyl sites for hydroxylation is 1. The van der Waals surface area contributed by atoms with Crippen molar-refractivity contribution in [2.75, 3.05) is 5.43 Å². The van der Waals surface area contributed by atoms with Gasteiger partial charge in [0.2, 0.25) is 10.7 Å². The highest BCUT2D eigenvalue weighted by Crippen LogP contribution is 2.19. The van der Waals surface area contributed by atoms with E-state index in [0.717, 1.165) is 15.8 Å². The van der Waals surface area contributed by atoms with Crippen LogP contribution >= 0.6 is 11.3 Å². The fraction of sp³-hybridized carbons (Fsp3) is 0.200. The average Bonchev–Trinajstić information content (AvgIpc) is 2.43. The third-order valence-corrected chi connectivity index (χ3v) is 3.03. The molecule has 0 atom stereocenters. The molecule has 0 fully saturated rings. The number of carbonyl (C=O) groups excluding carboxylic acids is 1. The van der Waals surface area contributed by atoms with E-state index in [4.69, 9.17) is 5.41 Å². The van der Waals surface area contributed by atoms with Crippen LogP contribution in [0.4, 0.5) is 0 Å². The summed E-state index contributed by atoms with van der Waals surface area (Å²) in [5, 5.41) is 7.76. The maximum atomic E-state index is 11.0. The van der Waals surface area contributed by atoms with Crippen molar-refractivity contribution in [3.63, 3.8) is 0 Å². The number of nitrogens with zero attached hydrogens (tertiary/aromatic N) is 1. The van der Waals surface area contributed by atoms with E-state index in [0.29, 0.717) is 4.80 Å². The van der Waals surface area contributed by atoms with Gasteiger partial charge in [0.1, 0.15) is 0 Å². The van der Waals surface area contributed by atoms with Crippen molar-refractivity contribution in [2.45, 2.75) is 13.8 Å². The summed E-state index contributed by atoms with van der Waals surface area (Å²) in [5.74, 6) is -0.170. The molecular formula is C10H11N3OS. The fourth-order valence-corrected chi connectivity index (χ4v) is 2.45. The number of para-hydroxylation sites is 1. The Balaban J connectivity index is 2.76. The lowest BCUT2D eigenvalue weighted by Gasteiger charge is -2.05. The van der Waals surface area contributed by atoms with Gasteiger partial charge in [-0.3, -0.25) is 15.6 Å². The van der Waals surface area contributed by atoms with Crippen LogP contribution in [0.25, 0.3) is 10.2 Å². The van der Waals surface area contributed by atoms with Crippen LogP contribution < -0.4 is 10.2 Å². The summed E-state index contributed by atoms with van der Waals surface area (Å²) in [6, 6.07) is 5.86. The minimum absolute atomic E-state index is 0.170. The maximum Gasteiger partial charge on any atom is 0.235 e. The fourth-order valence-electron chi connectivity index (χ4n) is 1.52. The molecule has 0 radical (unpaired) electrons. The molecule has 1 heterocycles. The van der Waals surface area contributed by atoms with Crippen LogP contribution in [0.2, 0.25) is 0 Å². The van der Waals surface area contributed by atoms with Gasteiger partial charge in [-0.05, 0) is 18.6 Å². The van der Waals surface area contributed by atoms with Crippen LogP contribution in [-0.2, 0) is 4.79 Å². The first-order chi connectivity index (χ1) is 7.09. The Labute approximate surface area is 90.6 Å². The zero-order chi connectivity index (χ0) is 11.0. The molecule has 4 nitrogen and oxygen atoms in total. The molecule has 0 unspecified atom stereocenters. The van der Waals surface area contributed by atoms with Crippen LogP contribution in [0, 0.1) is 12.3 Å². The SMILES string of the molecule is CC(=O)Nn1c(=N)sc2cccc(C)c21. The smallest absolute Gasteiger partial charge is 0.235 e. The third kappa shape index (κ3) is 1.66. The zero-order valence-electron chi connectivity index (χ0n) is 8.50. The third-order valence-electron chi connectivity index (χ3n) is 2.10. The zero-order valence-corrected chi connectivity index (χ0v) is 9.31. The highest BCUT2D eigenvalue weighted by atomic mass is 32.1. The standard InChI is InChI=1S/C10H11N3OS/c1-6-4-3-5-8-9(6)13(10(11)15-8)12-7(2)14/h3-5,11H,1-2H3,(H,12,14). The number of benzene rings is 1. The van der Waals surface area contributed by atoms with Crippen LogP contribution in [0.5, 0.6) is 0 Å². The van der Waals surface area contributed by atoms with Crippen molar-refractivity contribution < 1.29 is 4.79 Å². The molecule has 2 N–H and O–H groups in total. The van der Waals surface area contributed by atoms with E-state index in [9.17, 15) is 4.79 Å². The van der Waals surface area contributed by atoms with Crippen LogP contribution in [0.15, 0.2) is 18.2 Å². The molecule has 0 aliphatic rings. The lowest BCUT2D eigenvalue weighted by atomic mass is 10.2. The summed E-state index contributed by atoms with van der Waals surface area (Å²) in [6.07, 6.45) is 0. The molecule has 1 amide bonds. The molecular weight excluding hydrogens is 210 g/mol. The van der Waals surface area contributed by atoms with Gasteiger partial charge in [0, 0.05) is 6.92 Å². The van der Waals surface area contributed by atoms with E-state index in [1.165, 1.54) is 22.9 Å². The number of rotatable bonds is 1. The Kier molecular flexibility index (Phi) is 2.32. The van der Waals surface area contributed by atoms with Gasteiger partial charge in [-0.15, -0.1) is 0 Å². The molecule has 15 heavy (non-hydrogen) atoms. The van der Waals surface area contributed by atoms with Gasteiger partial charge in [-0.25, -0.2) is 4.68 Å². The molecule has 1 aromatic heterocycles. The van der Waals surface area contributed by atoms with E-state index in [1.807, 2.05) is 25.1 Å². The van der Waals surface area contributed by atoms with Gasteiger partial charge in [0.25, 0.3) is 0 Å². The Morgan fingerprint density at radius 3 is 2.93 bits per heavy atom. The predicted octanol–water partition coefficient (Wildman–Crippen LogP) is 1.58. The van der Waals surface area contributed by atoms with Gasteiger partial charge >= 0.3 is 0 Å². The van der Waals surface area contributed by atoms with Crippen molar-refractivity contribution >= 4 is 27.5 Å². The first-order valence-corrected chi connectivity index (χ1v) is 5.34. The number of carbonyl (C=O) groups is 1. The Hall–Kier alpha value is -1.62. The molecule has 2 rings (SSSR count). The minimum atomic E-state index is -0.170. The van der Waals surface area contributed by atoms with E-state index >= 15 is 0 Å². The van der Waals surface area contributed by atoms with Crippen molar-refractivity contribution in [3.8, 4) is 0 Å². The van der Waals surface area contributed by atoms with Crippen molar-refractivity contribution in [1.29, 1.82) is 5.41 Å². The number of aromatic nitrogens is 1. The molecule has 0 saturated heterocycles. The molecule has 0 saturated carbocycles. The molecule has 78 valence electrons. The van der Waals surface area contributed by atoms with E-state index < -0.39 is 0 Å². The predicted molar refractivity (Wildman–Crippen MR) is 60.4 cm³/mol. The number of amides is 1. The first kappa shape index (κ1) is 9.92. The lowest BCUT2D eigenvalue weighted by molar-refractivity contribution is -0.115. The summed E-state index contributed by atoms with van der Waals surface area (Å²) in [4.78, 5) is 11.3. The van der Waals surface area contributed by atoms with Crippen molar-refractivity contribution in [1.82, 2.24) is 4.68 Å². The number of nitrogens with one attached hydrogen (secondary N) is 2. The van der Waals surface area contributed by atoms with E-state index in [-0.39, 0.29) is 5.91 Å². The van der Waals surface area contributed by atoms with E-state index in [2.05, 4.69) is 5.43 Å². The average molecular weight is 221 g/mol. The second-order valence-electron chi connectivity index (χ2n) is 3.33. The largest absolute Gasteiger partial charge is 0.274 e. The van der Waals surface area contributed by atoms with E-state index in [1.54, 1.807) is 0 Å². The van der Waals surface area contributed by atoms with Gasteiger partial charge < -0.3 is 0 Å². The Bertz CT molecular complexity index is 582. The van der Waals surface area contributed by atoms with Gasteiger partial charge in [-0.1, -0.05) is 23.5 Å². The number of thiazole rings is 1. The van der Waals surface area contributed by atoms with Gasteiger partial charge in [0.15, 0.2) is 0 Å². The topological polar surface area (TPSA) is 57.9 Å². The Morgan fingerprint density at radius 2 is 2.27 bits per heavy atom. The first-order valence-electron chi connectivity index (χ1n) is 4.53. The summed E-state index contributed by atoms with van der Waals surface area (Å²) >= 11 is 1.35. The highest BCUT2D eigenvalue weighted by Gasteiger charge is 2.07. The number of hydrogen-bond acceptors (Lipinski definition) is 3. The molecule has 0 bridgehead atoms. The summed E-state index contributed by atoms with van der Waals surface area (Å²) in [5.41, 5.74) is 4.59. The van der Waals surface area contributed by atoms with Gasteiger partial charge in [0.05, 0.1) is 10.2 Å². The summed E-state index contributed by atoms with van der Waals surface area (Å²) in [7, 11) is 0. The molecule has 0 aliphatic carbocycles. The highest BCUT2D eigenvalue weighted by molar-refractivity contribution is 7.16. The summed E-state index contributed by atoms with van der Waals surface area (Å²) in [6.45, 7) is 3.40. The monoisotopic (exact) mass is 221 g/mol. The second kappa shape index (κ2) is 3.51. The summed E-state index contributed by atoms with van der Waals surface area (Å²) < 4.78 is 2.53. The molecule has 0 aliphatic heterocycles. The molecule has 2 aromatic rings. The molecule has 5 heteroatoms.